The van der Waals surface area contributed by atoms with E-state index < -0.39 is 0 Å². The van der Waals surface area contributed by atoms with Crippen LogP contribution in [0.4, 0.5) is 0 Å². The van der Waals surface area contributed by atoms with Crippen molar-refractivity contribution in [3.63, 3.8) is 0 Å². The van der Waals surface area contributed by atoms with Gasteiger partial charge in [-0.05, 0) is 63.5 Å². The lowest BCUT2D eigenvalue weighted by Crippen LogP contribution is -2.53. The van der Waals surface area contributed by atoms with E-state index in [-0.39, 0.29) is 23.7 Å². The number of ether oxygens (including phenoxy) is 2. The Bertz CT molecular complexity index is 651. The van der Waals surface area contributed by atoms with Crippen LogP contribution >= 0.6 is 0 Å². The summed E-state index contributed by atoms with van der Waals surface area (Å²) in [5.74, 6) is 0.907. The highest BCUT2D eigenvalue weighted by Crippen LogP contribution is 2.44. The molecule has 5 nitrogen and oxygen atoms in total. The van der Waals surface area contributed by atoms with Crippen LogP contribution in [0.2, 0.25) is 0 Å². The summed E-state index contributed by atoms with van der Waals surface area (Å²) in [5.41, 5.74) is 1.69. The van der Waals surface area contributed by atoms with Crippen LogP contribution in [0, 0.1) is 12.8 Å². The molecule has 3 aliphatic rings. The standard InChI is InChI=1S/C20H30N2O3/c1-14-4-7-17(21(14)2)19(23)22-11-10-20(24-3)9-8-16(12-18(20)22)25-13-15-5-6-15/h4,7,15-16,18H,5-6,8-13H2,1-3H3/t16-,18+,20-/m1/s1. The minimum atomic E-state index is -0.185. The maximum atomic E-state index is 13.2. The van der Waals surface area contributed by atoms with Crippen molar-refractivity contribution in [3.05, 3.63) is 23.5 Å². The van der Waals surface area contributed by atoms with Crippen molar-refractivity contribution in [2.24, 2.45) is 13.0 Å². The van der Waals surface area contributed by atoms with Crippen LogP contribution in [0.1, 0.15) is 54.7 Å². The topological polar surface area (TPSA) is 43.7 Å². The summed E-state index contributed by atoms with van der Waals surface area (Å²) in [7, 11) is 3.77. The molecule has 3 fully saturated rings. The van der Waals surface area contributed by atoms with Gasteiger partial charge in [-0.2, -0.15) is 0 Å². The zero-order chi connectivity index (χ0) is 17.6. The minimum Gasteiger partial charge on any atom is -0.378 e. The molecule has 1 amide bonds. The molecule has 3 atom stereocenters. The zero-order valence-corrected chi connectivity index (χ0v) is 15.7. The Morgan fingerprint density at radius 2 is 2.08 bits per heavy atom. The molecule has 1 aliphatic heterocycles. The molecule has 0 spiro atoms. The van der Waals surface area contributed by atoms with Crippen LogP contribution in [0.25, 0.3) is 0 Å². The van der Waals surface area contributed by atoms with Crippen LogP contribution in [0.3, 0.4) is 0 Å². The molecule has 0 radical (unpaired) electrons. The predicted octanol–water partition coefficient (Wildman–Crippen LogP) is 2.91. The average Bonchev–Trinajstić information content (AvgIpc) is 3.29. The molecule has 2 aliphatic carbocycles. The maximum absolute atomic E-state index is 13.2. The second kappa shape index (κ2) is 6.44. The number of amides is 1. The molecule has 138 valence electrons. The number of aryl methyl sites for hydroxylation is 1. The summed E-state index contributed by atoms with van der Waals surface area (Å²) in [4.78, 5) is 15.2. The molecule has 2 heterocycles. The van der Waals surface area contributed by atoms with Crippen LogP contribution in [0.15, 0.2) is 12.1 Å². The normalized spacial score (nSPS) is 32.0. The van der Waals surface area contributed by atoms with Crippen molar-refractivity contribution in [3.8, 4) is 0 Å². The number of carbonyl (C=O) groups is 1. The molecular formula is C20H30N2O3. The fourth-order valence-corrected chi connectivity index (χ4v) is 4.59. The molecule has 1 aromatic heterocycles. The Labute approximate surface area is 150 Å². The van der Waals surface area contributed by atoms with E-state index in [0.717, 1.165) is 56.1 Å². The highest BCUT2D eigenvalue weighted by molar-refractivity contribution is 5.93. The number of likely N-dealkylation sites (tertiary alicyclic amines) is 1. The molecule has 4 rings (SSSR count). The zero-order valence-electron chi connectivity index (χ0n) is 15.7. The van der Waals surface area contributed by atoms with E-state index in [2.05, 4.69) is 0 Å². The Balaban J connectivity index is 1.51. The maximum Gasteiger partial charge on any atom is 0.270 e. The molecule has 2 saturated carbocycles. The molecule has 5 heteroatoms. The van der Waals surface area contributed by atoms with Crippen molar-refractivity contribution in [2.45, 2.75) is 63.2 Å². The average molecular weight is 346 g/mol. The molecule has 25 heavy (non-hydrogen) atoms. The number of nitrogens with zero attached hydrogens (tertiary/aromatic N) is 2. The van der Waals surface area contributed by atoms with Gasteiger partial charge in [-0.25, -0.2) is 0 Å². The third kappa shape index (κ3) is 3.02. The second-order valence-electron chi connectivity index (χ2n) is 8.13. The second-order valence-corrected chi connectivity index (χ2v) is 8.13. The molecule has 0 aromatic carbocycles. The summed E-state index contributed by atoms with van der Waals surface area (Å²) in [5, 5.41) is 0. The third-order valence-electron chi connectivity index (χ3n) is 6.66. The van der Waals surface area contributed by atoms with Gasteiger partial charge in [0.15, 0.2) is 0 Å². The quantitative estimate of drug-likeness (QED) is 0.823. The largest absolute Gasteiger partial charge is 0.378 e. The van der Waals surface area contributed by atoms with Gasteiger partial charge in [-0.1, -0.05) is 0 Å². The summed E-state index contributed by atoms with van der Waals surface area (Å²) in [6, 6.07) is 4.07. The van der Waals surface area contributed by atoms with Gasteiger partial charge >= 0.3 is 0 Å². The first-order valence-corrected chi connectivity index (χ1v) is 9.64. The van der Waals surface area contributed by atoms with E-state index in [1.807, 2.05) is 35.6 Å². The SMILES string of the molecule is CO[C@@]12CC[C@@H](OCC3CC3)C[C@@H]1N(C(=O)c1ccc(C)n1C)CC2. The Kier molecular flexibility index (Phi) is 4.40. The minimum absolute atomic E-state index is 0.123. The van der Waals surface area contributed by atoms with Crippen LogP contribution in [-0.4, -0.2) is 53.4 Å². The molecule has 0 N–H and O–H groups in total. The first-order valence-electron chi connectivity index (χ1n) is 9.64. The first-order chi connectivity index (χ1) is 12.0. The molecular weight excluding hydrogens is 316 g/mol. The van der Waals surface area contributed by atoms with Crippen molar-refractivity contribution < 1.29 is 14.3 Å². The molecule has 0 unspecified atom stereocenters. The van der Waals surface area contributed by atoms with E-state index in [1.54, 1.807) is 7.11 Å². The van der Waals surface area contributed by atoms with Crippen LogP contribution in [-0.2, 0) is 16.5 Å². The lowest BCUT2D eigenvalue weighted by Gasteiger charge is -2.43. The van der Waals surface area contributed by atoms with Crippen molar-refractivity contribution in [1.29, 1.82) is 0 Å². The summed E-state index contributed by atoms with van der Waals surface area (Å²) >= 11 is 0. The van der Waals surface area contributed by atoms with E-state index >= 15 is 0 Å². The van der Waals surface area contributed by atoms with E-state index in [0.29, 0.717) is 0 Å². The number of methoxy groups -OCH3 is 1. The Morgan fingerprint density at radius 1 is 1.28 bits per heavy atom. The summed E-state index contributed by atoms with van der Waals surface area (Å²) in [6.45, 7) is 3.70. The Morgan fingerprint density at radius 3 is 2.72 bits per heavy atom. The van der Waals surface area contributed by atoms with Gasteiger partial charge in [0.05, 0.1) is 17.7 Å². The number of carbonyl (C=O) groups excluding carboxylic acids is 1. The van der Waals surface area contributed by atoms with Crippen molar-refractivity contribution >= 4 is 5.91 Å². The van der Waals surface area contributed by atoms with Gasteiger partial charge in [-0.15, -0.1) is 0 Å². The first kappa shape index (κ1) is 17.1. The van der Waals surface area contributed by atoms with Gasteiger partial charge in [0, 0.05) is 33.0 Å². The Hall–Kier alpha value is -1.33. The molecule has 1 aromatic rings. The van der Waals surface area contributed by atoms with Gasteiger partial charge < -0.3 is 18.9 Å². The lowest BCUT2D eigenvalue weighted by molar-refractivity contribution is -0.0977. The van der Waals surface area contributed by atoms with E-state index in [9.17, 15) is 4.79 Å². The molecule has 0 bridgehead atoms. The number of hydrogen-bond acceptors (Lipinski definition) is 3. The highest BCUT2D eigenvalue weighted by atomic mass is 16.5. The number of aromatic nitrogens is 1. The fraction of sp³-hybridized carbons (Fsp3) is 0.750. The number of hydrogen-bond donors (Lipinski definition) is 0. The highest BCUT2D eigenvalue weighted by Gasteiger charge is 2.53. The van der Waals surface area contributed by atoms with Crippen molar-refractivity contribution in [2.75, 3.05) is 20.3 Å². The number of rotatable bonds is 5. The van der Waals surface area contributed by atoms with Crippen LogP contribution in [0.5, 0.6) is 0 Å². The van der Waals surface area contributed by atoms with Crippen molar-refractivity contribution in [1.82, 2.24) is 9.47 Å². The smallest absolute Gasteiger partial charge is 0.270 e. The lowest BCUT2D eigenvalue weighted by atomic mass is 9.79. The summed E-state index contributed by atoms with van der Waals surface area (Å²) < 4.78 is 14.1. The number of fused-ring (bicyclic) bond motifs is 1. The molecule has 1 saturated heterocycles. The third-order valence-corrected chi connectivity index (χ3v) is 6.66. The fourth-order valence-electron chi connectivity index (χ4n) is 4.59. The van der Waals surface area contributed by atoms with Gasteiger partial charge in [0.1, 0.15) is 5.69 Å². The van der Waals surface area contributed by atoms with Gasteiger partial charge in [0.25, 0.3) is 5.91 Å². The van der Waals surface area contributed by atoms with Crippen LogP contribution < -0.4 is 0 Å². The monoisotopic (exact) mass is 346 g/mol. The van der Waals surface area contributed by atoms with Gasteiger partial charge in [0.2, 0.25) is 0 Å². The van der Waals surface area contributed by atoms with Gasteiger partial charge in [-0.3, -0.25) is 4.79 Å². The predicted molar refractivity (Wildman–Crippen MR) is 95.6 cm³/mol. The summed E-state index contributed by atoms with van der Waals surface area (Å²) in [6.07, 6.45) is 6.75. The van der Waals surface area contributed by atoms with E-state index in [1.165, 1.54) is 12.8 Å². The van der Waals surface area contributed by atoms with E-state index in [4.69, 9.17) is 9.47 Å².